The van der Waals surface area contributed by atoms with E-state index in [0.29, 0.717) is 24.1 Å². The van der Waals surface area contributed by atoms with Gasteiger partial charge in [-0.25, -0.2) is 9.67 Å². The monoisotopic (exact) mass is 298 g/mol. The molecular weight excluding hydrogens is 280 g/mol. The summed E-state index contributed by atoms with van der Waals surface area (Å²) >= 11 is 0. The Balaban J connectivity index is 2.03. The third-order valence-corrected chi connectivity index (χ3v) is 3.78. The molecule has 0 saturated heterocycles. The number of nitrogens with zero attached hydrogens (tertiary/aromatic N) is 4. The largest absolute Gasteiger partial charge is 0.394 e. The van der Waals surface area contributed by atoms with E-state index in [4.69, 9.17) is 5.11 Å². The second-order valence-electron chi connectivity index (χ2n) is 5.44. The first-order valence-electron chi connectivity index (χ1n) is 7.18. The first kappa shape index (κ1) is 14.5. The molecule has 0 spiro atoms. The Kier molecular flexibility index (Phi) is 3.77. The maximum Gasteiger partial charge on any atom is 0.264 e. The fourth-order valence-corrected chi connectivity index (χ4v) is 2.52. The fourth-order valence-electron chi connectivity index (χ4n) is 2.52. The highest BCUT2D eigenvalue weighted by Gasteiger charge is 2.10. The van der Waals surface area contributed by atoms with Gasteiger partial charge in [-0.1, -0.05) is 23.8 Å². The van der Waals surface area contributed by atoms with Crippen molar-refractivity contribution in [2.24, 2.45) is 0 Å². The minimum absolute atomic E-state index is 0.0377. The number of aromatic nitrogens is 4. The second kappa shape index (κ2) is 5.73. The van der Waals surface area contributed by atoms with Gasteiger partial charge < -0.3 is 5.11 Å². The van der Waals surface area contributed by atoms with Crippen molar-refractivity contribution in [1.29, 1.82) is 0 Å². The fraction of sp³-hybridized carbons (Fsp3) is 0.312. The summed E-state index contributed by atoms with van der Waals surface area (Å²) in [5, 5.41) is 13.6. The van der Waals surface area contributed by atoms with E-state index >= 15 is 0 Å². The molecule has 6 heteroatoms. The topological polar surface area (TPSA) is 72.9 Å². The summed E-state index contributed by atoms with van der Waals surface area (Å²) in [6.07, 6.45) is 3.06. The van der Waals surface area contributed by atoms with E-state index in [-0.39, 0.29) is 12.2 Å². The third-order valence-electron chi connectivity index (χ3n) is 3.78. The molecule has 0 atom stereocenters. The molecule has 0 aliphatic carbocycles. The summed E-state index contributed by atoms with van der Waals surface area (Å²) in [4.78, 5) is 16.9. The Morgan fingerprint density at radius 3 is 2.86 bits per heavy atom. The van der Waals surface area contributed by atoms with Crippen LogP contribution in [0.2, 0.25) is 0 Å². The van der Waals surface area contributed by atoms with E-state index < -0.39 is 0 Å². The molecule has 0 saturated carbocycles. The van der Waals surface area contributed by atoms with E-state index in [1.54, 1.807) is 15.6 Å². The number of aryl methyl sites for hydroxylation is 2. The Hall–Kier alpha value is -2.47. The van der Waals surface area contributed by atoms with E-state index in [0.717, 1.165) is 11.1 Å². The molecule has 6 nitrogen and oxygen atoms in total. The van der Waals surface area contributed by atoms with Crippen LogP contribution < -0.4 is 5.56 Å². The number of hydrogen-bond donors (Lipinski definition) is 1. The van der Waals surface area contributed by atoms with Crippen molar-refractivity contribution in [2.45, 2.75) is 26.9 Å². The van der Waals surface area contributed by atoms with Crippen molar-refractivity contribution >= 4 is 11.0 Å². The molecule has 1 aromatic carbocycles. The molecule has 3 rings (SSSR count). The SMILES string of the molecule is Cc1ccc(C)c(Cn2cnc3c(cnn3CCO)c2=O)c1. The van der Waals surface area contributed by atoms with Gasteiger partial charge in [0.15, 0.2) is 5.65 Å². The highest BCUT2D eigenvalue weighted by atomic mass is 16.3. The lowest BCUT2D eigenvalue weighted by Crippen LogP contribution is -2.21. The third kappa shape index (κ3) is 2.53. The van der Waals surface area contributed by atoms with Gasteiger partial charge in [0, 0.05) is 0 Å². The van der Waals surface area contributed by atoms with Crippen molar-refractivity contribution in [1.82, 2.24) is 19.3 Å². The number of aliphatic hydroxyl groups excluding tert-OH is 1. The Morgan fingerprint density at radius 2 is 2.09 bits per heavy atom. The smallest absolute Gasteiger partial charge is 0.264 e. The first-order chi connectivity index (χ1) is 10.6. The standard InChI is InChI=1S/C16H18N4O2/c1-11-3-4-12(2)13(7-11)9-19-10-17-15-14(16(19)22)8-18-20(15)5-6-21/h3-4,7-8,10,21H,5-6,9H2,1-2H3. The molecule has 2 heterocycles. The number of benzene rings is 1. The molecule has 0 unspecified atom stereocenters. The van der Waals surface area contributed by atoms with Gasteiger partial charge in [0.05, 0.1) is 25.9 Å². The average Bonchev–Trinajstić information content (AvgIpc) is 2.90. The van der Waals surface area contributed by atoms with Crippen LogP contribution in [0.1, 0.15) is 16.7 Å². The van der Waals surface area contributed by atoms with Crippen molar-refractivity contribution in [2.75, 3.05) is 6.61 Å². The number of hydrogen-bond acceptors (Lipinski definition) is 4. The molecule has 0 radical (unpaired) electrons. The van der Waals surface area contributed by atoms with Gasteiger partial charge in [-0.05, 0) is 25.0 Å². The van der Waals surface area contributed by atoms with Gasteiger partial charge in [-0.2, -0.15) is 5.10 Å². The van der Waals surface area contributed by atoms with E-state index in [1.165, 1.54) is 11.8 Å². The summed E-state index contributed by atoms with van der Waals surface area (Å²) in [6, 6.07) is 6.20. The lowest BCUT2D eigenvalue weighted by molar-refractivity contribution is 0.271. The Labute approximate surface area is 127 Å². The van der Waals surface area contributed by atoms with Crippen LogP contribution in [0.15, 0.2) is 35.5 Å². The highest BCUT2D eigenvalue weighted by Crippen LogP contribution is 2.12. The molecule has 2 aromatic heterocycles. The predicted molar refractivity (Wildman–Crippen MR) is 83.9 cm³/mol. The van der Waals surface area contributed by atoms with Gasteiger partial charge in [0.2, 0.25) is 0 Å². The zero-order valence-electron chi connectivity index (χ0n) is 12.7. The van der Waals surface area contributed by atoms with Gasteiger partial charge in [0.25, 0.3) is 5.56 Å². The Morgan fingerprint density at radius 1 is 1.27 bits per heavy atom. The molecule has 1 N–H and O–H groups in total. The van der Waals surface area contributed by atoms with Crippen molar-refractivity contribution in [3.63, 3.8) is 0 Å². The van der Waals surface area contributed by atoms with Crippen LogP contribution in [0, 0.1) is 13.8 Å². The minimum atomic E-state index is -0.116. The molecule has 0 amide bonds. The van der Waals surface area contributed by atoms with Crippen molar-refractivity contribution in [3.8, 4) is 0 Å². The van der Waals surface area contributed by atoms with Crippen LogP contribution in [0.5, 0.6) is 0 Å². The average molecular weight is 298 g/mol. The Bertz CT molecular complexity index is 879. The summed E-state index contributed by atoms with van der Waals surface area (Å²) in [6.45, 7) is 4.85. The maximum absolute atomic E-state index is 12.6. The minimum Gasteiger partial charge on any atom is -0.394 e. The van der Waals surface area contributed by atoms with Crippen LogP contribution in [-0.4, -0.2) is 31.0 Å². The molecule has 0 bridgehead atoms. The van der Waals surface area contributed by atoms with Crippen LogP contribution >= 0.6 is 0 Å². The van der Waals surface area contributed by atoms with E-state index in [2.05, 4.69) is 28.3 Å². The zero-order valence-corrected chi connectivity index (χ0v) is 12.7. The van der Waals surface area contributed by atoms with Gasteiger partial charge >= 0.3 is 0 Å². The van der Waals surface area contributed by atoms with Gasteiger partial charge in [-0.15, -0.1) is 0 Å². The first-order valence-corrected chi connectivity index (χ1v) is 7.18. The summed E-state index contributed by atoms with van der Waals surface area (Å²) in [5.41, 5.74) is 3.81. The molecule has 22 heavy (non-hydrogen) atoms. The van der Waals surface area contributed by atoms with Crippen LogP contribution in [0.25, 0.3) is 11.0 Å². The number of rotatable bonds is 4. The summed E-state index contributed by atoms with van der Waals surface area (Å²) < 4.78 is 3.13. The van der Waals surface area contributed by atoms with E-state index in [9.17, 15) is 4.79 Å². The van der Waals surface area contributed by atoms with Crippen LogP contribution in [-0.2, 0) is 13.1 Å². The molecule has 0 aliphatic heterocycles. The quantitative estimate of drug-likeness (QED) is 0.787. The maximum atomic E-state index is 12.6. The summed E-state index contributed by atoms with van der Waals surface area (Å²) in [7, 11) is 0. The zero-order chi connectivity index (χ0) is 15.7. The van der Waals surface area contributed by atoms with E-state index in [1.807, 2.05) is 13.8 Å². The van der Waals surface area contributed by atoms with Crippen LogP contribution in [0.3, 0.4) is 0 Å². The van der Waals surface area contributed by atoms with Gasteiger partial charge in [0.1, 0.15) is 11.7 Å². The molecule has 0 aliphatic rings. The molecule has 3 aromatic rings. The molecular formula is C16H18N4O2. The highest BCUT2D eigenvalue weighted by molar-refractivity contribution is 5.72. The molecule has 0 fully saturated rings. The normalized spacial score (nSPS) is 11.2. The number of fused-ring (bicyclic) bond motifs is 1. The van der Waals surface area contributed by atoms with Crippen molar-refractivity contribution < 1.29 is 5.11 Å². The number of aliphatic hydroxyl groups is 1. The van der Waals surface area contributed by atoms with Crippen LogP contribution in [0.4, 0.5) is 0 Å². The second-order valence-corrected chi connectivity index (χ2v) is 5.44. The summed E-state index contributed by atoms with van der Waals surface area (Å²) in [5.74, 6) is 0. The lowest BCUT2D eigenvalue weighted by Gasteiger charge is -2.09. The molecule has 114 valence electrons. The van der Waals surface area contributed by atoms with Gasteiger partial charge in [-0.3, -0.25) is 9.36 Å². The predicted octanol–water partition coefficient (Wildman–Crippen LogP) is 1.25. The lowest BCUT2D eigenvalue weighted by atomic mass is 10.1. The van der Waals surface area contributed by atoms with Crippen molar-refractivity contribution in [3.05, 3.63) is 57.8 Å².